The number of nitrogens with one attached hydrogen (secondary N) is 1. The van der Waals surface area contributed by atoms with Crippen molar-refractivity contribution in [3.8, 4) is 5.75 Å². The Morgan fingerprint density at radius 1 is 1.28 bits per heavy atom. The van der Waals surface area contributed by atoms with Crippen molar-refractivity contribution in [2.45, 2.75) is 34.6 Å². The van der Waals surface area contributed by atoms with Crippen molar-refractivity contribution in [2.24, 2.45) is 11.3 Å². The molecule has 0 aliphatic heterocycles. The van der Waals surface area contributed by atoms with Crippen LogP contribution in [-0.4, -0.2) is 13.2 Å². The molecule has 0 saturated heterocycles. The van der Waals surface area contributed by atoms with Crippen LogP contribution in [0.2, 0.25) is 0 Å². The minimum Gasteiger partial charge on any atom is -0.494 e. The molecule has 102 valence electrons. The number of hydrogen-bond acceptors (Lipinski definition) is 3. The van der Waals surface area contributed by atoms with E-state index in [4.69, 9.17) is 10.5 Å². The predicted octanol–water partition coefficient (Wildman–Crippen LogP) is 3.76. The number of rotatable bonds is 5. The molecule has 0 aliphatic rings. The summed E-state index contributed by atoms with van der Waals surface area (Å²) >= 11 is 0. The minimum atomic E-state index is 0.302. The van der Waals surface area contributed by atoms with Gasteiger partial charge in [-0.15, -0.1) is 0 Å². The van der Waals surface area contributed by atoms with E-state index >= 15 is 0 Å². The van der Waals surface area contributed by atoms with Gasteiger partial charge in [-0.25, -0.2) is 0 Å². The maximum absolute atomic E-state index is 5.86. The fourth-order valence-electron chi connectivity index (χ4n) is 1.55. The monoisotopic (exact) mass is 250 g/mol. The van der Waals surface area contributed by atoms with Crippen LogP contribution in [0.15, 0.2) is 18.2 Å². The first-order chi connectivity index (χ1) is 8.32. The Balaban J connectivity index is 2.67. The van der Waals surface area contributed by atoms with Crippen molar-refractivity contribution in [1.29, 1.82) is 0 Å². The number of nitrogen functional groups attached to an aromatic ring is 1. The Bertz CT molecular complexity index is 383. The van der Waals surface area contributed by atoms with Gasteiger partial charge in [0, 0.05) is 30.1 Å². The number of anilines is 2. The molecule has 3 nitrogen and oxygen atoms in total. The van der Waals surface area contributed by atoms with Crippen molar-refractivity contribution < 1.29 is 4.74 Å². The minimum absolute atomic E-state index is 0.302. The summed E-state index contributed by atoms with van der Waals surface area (Å²) < 4.78 is 5.48. The molecule has 3 N–H and O–H groups in total. The molecule has 18 heavy (non-hydrogen) atoms. The molecule has 0 amide bonds. The van der Waals surface area contributed by atoms with Crippen molar-refractivity contribution >= 4 is 11.4 Å². The van der Waals surface area contributed by atoms with Gasteiger partial charge >= 0.3 is 0 Å². The van der Waals surface area contributed by atoms with Gasteiger partial charge in [0.15, 0.2) is 0 Å². The lowest BCUT2D eigenvalue weighted by Gasteiger charge is -2.27. The number of benzene rings is 1. The Hall–Kier alpha value is -1.38. The highest BCUT2D eigenvalue weighted by Crippen LogP contribution is 2.27. The van der Waals surface area contributed by atoms with Crippen molar-refractivity contribution in [2.75, 3.05) is 24.2 Å². The summed E-state index contributed by atoms with van der Waals surface area (Å²) in [4.78, 5) is 0. The van der Waals surface area contributed by atoms with Crippen LogP contribution < -0.4 is 15.8 Å². The Labute approximate surface area is 111 Å². The summed E-state index contributed by atoms with van der Waals surface area (Å²) in [6, 6.07) is 5.79. The van der Waals surface area contributed by atoms with Crippen LogP contribution in [0.1, 0.15) is 34.6 Å². The number of nitrogens with two attached hydrogens (primary N) is 1. The molecule has 0 spiro atoms. The average molecular weight is 250 g/mol. The Kier molecular flexibility index (Phi) is 4.88. The lowest BCUT2D eigenvalue weighted by atomic mass is 9.82. The third-order valence-electron chi connectivity index (χ3n) is 3.33. The molecule has 0 aromatic heterocycles. The molecular formula is C15H26N2O. The molecular weight excluding hydrogens is 224 g/mol. The van der Waals surface area contributed by atoms with E-state index in [0.29, 0.717) is 17.9 Å². The summed E-state index contributed by atoms with van der Waals surface area (Å²) in [5, 5.41) is 3.43. The third kappa shape index (κ3) is 4.47. The van der Waals surface area contributed by atoms with Gasteiger partial charge in [0.25, 0.3) is 0 Å². The molecule has 3 heteroatoms. The molecule has 1 rings (SSSR count). The highest BCUT2D eigenvalue weighted by Gasteiger charge is 2.19. The van der Waals surface area contributed by atoms with Gasteiger partial charge in [-0.1, -0.05) is 27.7 Å². The average Bonchev–Trinajstić information content (AvgIpc) is 2.24. The Morgan fingerprint density at radius 2 is 1.94 bits per heavy atom. The topological polar surface area (TPSA) is 47.3 Å². The lowest BCUT2D eigenvalue weighted by Crippen LogP contribution is -2.24. The smallest absolute Gasteiger partial charge is 0.123 e. The van der Waals surface area contributed by atoms with Gasteiger partial charge in [0.1, 0.15) is 5.75 Å². The zero-order valence-electron chi connectivity index (χ0n) is 12.2. The van der Waals surface area contributed by atoms with Crippen molar-refractivity contribution in [1.82, 2.24) is 0 Å². The molecule has 1 aromatic carbocycles. The second-order valence-electron chi connectivity index (χ2n) is 5.87. The summed E-state index contributed by atoms with van der Waals surface area (Å²) in [5.41, 5.74) is 7.91. The van der Waals surface area contributed by atoms with E-state index in [1.165, 1.54) is 0 Å². The predicted molar refractivity (Wildman–Crippen MR) is 79.1 cm³/mol. The summed E-state index contributed by atoms with van der Waals surface area (Å²) in [6.45, 7) is 12.6. The molecule has 0 radical (unpaired) electrons. The van der Waals surface area contributed by atoms with Crippen LogP contribution in [0.25, 0.3) is 0 Å². The third-order valence-corrected chi connectivity index (χ3v) is 3.33. The second-order valence-corrected chi connectivity index (χ2v) is 5.87. The van der Waals surface area contributed by atoms with E-state index in [9.17, 15) is 0 Å². The van der Waals surface area contributed by atoms with Gasteiger partial charge in [-0.3, -0.25) is 0 Å². The maximum Gasteiger partial charge on any atom is 0.123 e. The number of ether oxygens (including phenoxy) is 1. The standard InChI is InChI=1S/C15H26N2O/c1-6-18-14-8-12(16)7-13(9-14)17-10-11(2)15(3,4)5/h7-9,11,17H,6,10,16H2,1-5H3. The van der Waals surface area contributed by atoms with Gasteiger partial charge in [-0.2, -0.15) is 0 Å². The first kappa shape index (κ1) is 14.7. The Morgan fingerprint density at radius 3 is 2.50 bits per heavy atom. The van der Waals surface area contributed by atoms with Gasteiger partial charge in [0.05, 0.1) is 6.61 Å². The van der Waals surface area contributed by atoms with Crippen LogP contribution in [0.3, 0.4) is 0 Å². The largest absolute Gasteiger partial charge is 0.494 e. The molecule has 0 saturated carbocycles. The molecule has 0 fully saturated rings. The lowest BCUT2D eigenvalue weighted by molar-refractivity contribution is 0.274. The zero-order chi connectivity index (χ0) is 13.8. The van der Waals surface area contributed by atoms with E-state index in [-0.39, 0.29) is 0 Å². The SMILES string of the molecule is CCOc1cc(N)cc(NCC(C)C(C)(C)C)c1. The fourth-order valence-corrected chi connectivity index (χ4v) is 1.55. The molecule has 0 aliphatic carbocycles. The van der Waals surface area contributed by atoms with Crippen LogP contribution >= 0.6 is 0 Å². The maximum atomic E-state index is 5.86. The van der Waals surface area contributed by atoms with E-state index in [1.807, 2.05) is 25.1 Å². The normalized spacial score (nSPS) is 13.2. The first-order valence-electron chi connectivity index (χ1n) is 6.60. The highest BCUT2D eigenvalue weighted by molar-refractivity contribution is 5.59. The van der Waals surface area contributed by atoms with Crippen LogP contribution in [-0.2, 0) is 0 Å². The summed E-state index contributed by atoms with van der Waals surface area (Å²) in [7, 11) is 0. The fraction of sp³-hybridized carbons (Fsp3) is 0.600. The summed E-state index contributed by atoms with van der Waals surface area (Å²) in [6.07, 6.45) is 0. The van der Waals surface area contributed by atoms with E-state index in [0.717, 1.165) is 23.7 Å². The second kappa shape index (κ2) is 5.98. The van der Waals surface area contributed by atoms with Crippen LogP contribution in [0.5, 0.6) is 5.75 Å². The first-order valence-corrected chi connectivity index (χ1v) is 6.60. The molecule has 1 aromatic rings. The molecule has 0 bridgehead atoms. The zero-order valence-corrected chi connectivity index (χ0v) is 12.2. The van der Waals surface area contributed by atoms with Crippen molar-refractivity contribution in [3.63, 3.8) is 0 Å². The van der Waals surface area contributed by atoms with Gasteiger partial charge < -0.3 is 15.8 Å². The van der Waals surface area contributed by atoms with E-state index in [1.54, 1.807) is 0 Å². The van der Waals surface area contributed by atoms with Crippen LogP contribution in [0.4, 0.5) is 11.4 Å². The van der Waals surface area contributed by atoms with Crippen LogP contribution in [0, 0.1) is 11.3 Å². The van der Waals surface area contributed by atoms with Crippen molar-refractivity contribution in [3.05, 3.63) is 18.2 Å². The number of hydrogen-bond donors (Lipinski definition) is 2. The van der Waals surface area contributed by atoms with Gasteiger partial charge in [0.2, 0.25) is 0 Å². The highest BCUT2D eigenvalue weighted by atomic mass is 16.5. The van der Waals surface area contributed by atoms with E-state index < -0.39 is 0 Å². The molecule has 1 unspecified atom stereocenters. The molecule has 0 heterocycles. The van der Waals surface area contributed by atoms with E-state index in [2.05, 4.69) is 33.0 Å². The quantitative estimate of drug-likeness (QED) is 0.782. The summed E-state index contributed by atoms with van der Waals surface area (Å²) in [5.74, 6) is 1.40. The molecule has 1 atom stereocenters. The van der Waals surface area contributed by atoms with Gasteiger partial charge in [-0.05, 0) is 24.3 Å².